The van der Waals surface area contributed by atoms with Crippen molar-refractivity contribution in [3.8, 4) is 5.75 Å². The summed E-state index contributed by atoms with van der Waals surface area (Å²) in [4.78, 5) is 8.29. The molecule has 0 spiro atoms. The Labute approximate surface area is 107 Å². The van der Waals surface area contributed by atoms with E-state index in [-0.39, 0.29) is 0 Å². The van der Waals surface area contributed by atoms with Gasteiger partial charge in [0.2, 0.25) is 0 Å². The maximum absolute atomic E-state index is 5.62. The minimum atomic E-state index is 0.686. The SMILES string of the molecule is CNCc1ccc(OCCCn2ccnc2)cn1. The Balaban J connectivity index is 1.69. The van der Waals surface area contributed by atoms with E-state index in [4.69, 9.17) is 4.74 Å². The second-order valence-electron chi connectivity index (χ2n) is 4.02. The minimum Gasteiger partial charge on any atom is -0.492 e. The standard InChI is InChI=1S/C13H18N4O/c1-14-9-12-3-4-13(10-16-12)18-8-2-6-17-7-5-15-11-17/h3-5,7,10-11,14H,2,6,8-9H2,1H3. The van der Waals surface area contributed by atoms with Gasteiger partial charge in [-0.25, -0.2) is 4.98 Å². The lowest BCUT2D eigenvalue weighted by Crippen LogP contribution is -2.07. The summed E-state index contributed by atoms with van der Waals surface area (Å²) in [5, 5.41) is 3.06. The summed E-state index contributed by atoms with van der Waals surface area (Å²) in [6, 6.07) is 3.93. The van der Waals surface area contributed by atoms with E-state index in [1.54, 1.807) is 12.4 Å². The van der Waals surface area contributed by atoms with Crippen molar-refractivity contribution in [2.24, 2.45) is 0 Å². The van der Waals surface area contributed by atoms with Crippen molar-refractivity contribution in [1.82, 2.24) is 19.9 Å². The van der Waals surface area contributed by atoms with Gasteiger partial charge in [-0.1, -0.05) is 0 Å². The monoisotopic (exact) mass is 246 g/mol. The molecule has 1 N–H and O–H groups in total. The Morgan fingerprint density at radius 2 is 2.33 bits per heavy atom. The fraction of sp³-hybridized carbons (Fsp3) is 0.385. The van der Waals surface area contributed by atoms with E-state index < -0.39 is 0 Å². The highest BCUT2D eigenvalue weighted by Gasteiger charge is 1.96. The lowest BCUT2D eigenvalue weighted by Gasteiger charge is -2.07. The third-order valence-corrected chi connectivity index (χ3v) is 2.54. The fourth-order valence-corrected chi connectivity index (χ4v) is 1.64. The number of pyridine rings is 1. The molecule has 5 nitrogen and oxygen atoms in total. The van der Waals surface area contributed by atoms with E-state index >= 15 is 0 Å². The number of ether oxygens (including phenoxy) is 1. The lowest BCUT2D eigenvalue weighted by molar-refractivity contribution is 0.300. The minimum absolute atomic E-state index is 0.686. The number of hydrogen-bond donors (Lipinski definition) is 1. The van der Waals surface area contributed by atoms with E-state index in [0.29, 0.717) is 6.61 Å². The molecule has 0 atom stereocenters. The van der Waals surface area contributed by atoms with Crippen molar-refractivity contribution in [2.75, 3.05) is 13.7 Å². The zero-order valence-electron chi connectivity index (χ0n) is 10.5. The van der Waals surface area contributed by atoms with Gasteiger partial charge in [0.15, 0.2) is 0 Å². The fourth-order valence-electron chi connectivity index (χ4n) is 1.64. The van der Waals surface area contributed by atoms with Gasteiger partial charge in [0, 0.05) is 25.5 Å². The molecule has 2 rings (SSSR count). The normalized spacial score (nSPS) is 10.5. The Morgan fingerprint density at radius 1 is 1.39 bits per heavy atom. The summed E-state index contributed by atoms with van der Waals surface area (Å²) in [6.07, 6.45) is 8.27. The van der Waals surface area contributed by atoms with Crippen LogP contribution in [0.3, 0.4) is 0 Å². The van der Waals surface area contributed by atoms with Crippen LogP contribution in [0.4, 0.5) is 0 Å². The molecule has 0 radical (unpaired) electrons. The van der Waals surface area contributed by atoms with Crippen LogP contribution in [0.2, 0.25) is 0 Å². The summed E-state index contributed by atoms with van der Waals surface area (Å²) < 4.78 is 7.66. The number of nitrogens with zero attached hydrogens (tertiary/aromatic N) is 3. The van der Waals surface area contributed by atoms with Crippen LogP contribution in [0, 0.1) is 0 Å². The van der Waals surface area contributed by atoms with Crippen molar-refractivity contribution in [2.45, 2.75) is 19.5 Å². The maximum atomic E-state index is 5.62. The molecule has 96 valence electrons. The molecule has 0 saturated carbocycles. The first-order valence-corrected chi connectivity index (χ1v) is 6.06. The van der Waals surface area contributed by atoms with Crippen LogP contribution in [0.25, 0.3) is 0 Å². The lowest BCUT2D eigenvalue weighted by atomic mass is 10.3. The summed E-state index contributed by atoms with van der Waals surface area (Å²) in [5.74, 6) is 0.820. The first kappa shape index (κ1) is 12.6. The predicted molar refractivity (Wildman–Crippen MR) is 69.3 cm³/mol. The second-order valence-corrected chi connectivity index (χ2v) is 4.02. The first-order valence-electron chi connectivity index (χ1n) is 6.06. The third-order valence-electron chi connectivity index (χ3n) is 2.54. The largest absolute Gasteiger partial charge is 0.492 e. The Bertz CT molecular complexity index is 439. The van der Waals surface area contributed by atoms with Crippen molar-refractivity contribution in [1.29, 1.82) is 0 Å². The average molecular weight is 246 g/mol. The van der Waals surface area contributed by atoms with Gasteiger partial charge in [0.05, 0.1) is 24.8 Å². The van der Waals surface area contributed by atoms with Crippen LogP contribution in [0.1, 0.15) is 12.1 Å². The molecule has 0 bridgehead atoms. The molecular formula is C13H18N4O. The zero-order valence-corrected chi connectivity index (χ0v) is 10.5. The average Bonchev–Trinajstić information content (AvgIpc) is 2.90. The van der Waals surface area contributed by atoms with Crippen LogP contribution < -0.4 is 10.1 Å². The smallest absolute Gasteiger partial charge is 0.137 e. The van der Waals surface area contributed by atoms with Crippen LogP contribution in [0.5, 0.6) is 5.75 Å². The number of imidazole rings is 1. The molecule has 0 fully saturated rings. The molecule has 2 heterocycles. The number of hydrogen-bond acceptors (Lipinski definition) is 4. The zero-order chi connectivity index (χ0) is 12.6. The van der Waals surface area contributed by atoms with Gasteiger partial charge >= 0.3 is 0 Å². The summed E-state index contributed by atoms with van der Waals surface area (Å²) >= 11 is 0. The van der Waals surface area contributed by atoms with Crippen molar-refractivity contribution >= 4 is 0 Å². The van der Waals surface area contributed by atoms with Gasteiger partial charge < -0.3 is 14.6 Å². The molecule has 0 unspecified atom stereocenters. The molecule has 0 aliphatic carbocycles. The molecule has 5 heteroatoms. The molecule has 0 aliphatic heterocycles. The molecule has 2 aromatic rings. The van der Waals surface area contributed by atoms with E-state index in [0.717, 1.165) is 31.0 Å². The van der Waals surface area contributed by atoms with E-state index in [1.165, 1.54) is 0 Å². The number of nitrogens with one attached hydrogen (secondary N) is 1. The topological polar surface area (TPSA) is 52.0 Å². The number of aromatic nitrogens is 3. The molecular weight excluding hydrogens is 228 g/mol. The van der Waals surface area contributed by atoms with Gasteiger partial charge in [0.25, 0.3) is 0 Å². The van der Waals surface area contributed by atoms with Crippen LogP contribution in [0.15, 0.2) is 37.1 Å². The van der Waals surface area contributed by atoms with Crippen LogP contribution >= 0.6 is 0 Å². The van der Waals surface area contributed by atoms with E-state index in [1.807, 2.05) is 36.3 Å². The second kappa shape index (κ2) is 6.76. The molecule has 18 heavy (non-hydrogen) atoms. The van der Waals surface area contributed by atoms with Gasteiger partial charge in [0.1, 0.15) is 5.75 Å². The van der Waals surface area contributed by atoms with Crippen LogP contribution in [-0.4, -0.2) is 28.2 Å². The molecule has 2 aromatic heterocycles. The molecule has 0 saturated heterocycles. The highest BCUT2D eigenvalue weighted by atomic mass is 16.5. The summed E-state index contributed by atoms with van der Waals surface area (Å²) in [6.45, 7) is 2.39. The van der Waals surface area contributed by atoms with Crippen molar-refractivity contribution < 1.29 is 4.74 Å². The quantitative estimate of drug-likeness (QED) is 0.752. The number of rotatable bonds is 7. The Kier molecular flexibility index (Phi) is 4.72. The van der Waals surface area contributed by atoms with Gasteiger partial charge in [-0.15, -0.1) is 0 Å². The Hall–Kier alpha value is -1.88. The van der Waals surface area contributed by atoms with Crippen molar-refractivity contribution in [3.05, 3.63) is 42.7 Å². The van der Waals surface area contributed by atoms with E-state index in [9.17, 15) is 0 Å². The third kappa shape index (κ3) is 3.85. The van der Waals surface area contributed by atoms with E-state index in [2.05, 4.69) is 15.3 Å². The highest BCUT2D eigenvalue weighted by Crippen LogP contribution is 2.09. The number of aryl methyl sites for hydroxylation is 1. The Morgan fingerprint density at radius 3 is 3.00 bits per heavy atom. The maximum Gasteiger partial charge on any atom is 0.137 e. The molecule has 0 amide bonds. The predicted octanol–water partition coefficient (Wildman–Crippen LogP) is 1.47. The summed E-state index contributed by atoms with van der Waals surface area (Å²) in [5.41, 5.74) is 1.02. The highest BCUT2D eigenvalue weighted by molar-refractivity contribution is 5.19. The summed E-state index contributed by atoms with van der Waals surface area (Å²) in [7, 11) is 1.90. The van der Waals surface area contributed by atoms with Crippen LogP contribution in [-0.2, 0) is 13.1 Å². The van der Waals surface area contributed by atoms with Gasteiger partial charge in [-0.2, -0.15) is 0 Å². The van der Waals surface area contributed by atoms with Crippen molar-refractivity contribution in [3.63, 3.8) is 0 Å². The van der Waals surface area contributed by atoms with Gasteiger partial charge in [-0.3, -0.25) is 4.98 Å². The molecule has 0 aromatic carbocycles. The molecule has 0 aliphatic rings. The first-order chi connectivity index (χ1) is 8.88. The van der Waals surface area contributed by atoms with Gasteiger partial charge in [-0.05, 0) is 25.6 Å².